The highest BCUT2D eigenvalue weighted by atomic mass is 19.3. The first kappa shape index (κ1) is 22.0. The number of hydrogen-bond donors (Lipinski definition) is 2. The Morgan fingerprint density at radius 3 is 2.81 bits per heavy atom. The van der Waals surface area contributed by atoms with E-state index in [0.717, 1.165) is 12.8 Å². The van der Waals surface area contributed by atoms with Crippen LogP contribution in [0.4, 0.5) is 8.78 Å². The first-order valence-electron chi connectivity index (χ1n) is 10.4. The van der Waals surface area contributed by atoms with Crippen LogP contribution in [0.1, 0.15) is 42.1 Å². The van der Waals surface area contributed by atoms with Crippen molar-refractivity contribution in [1.29, 1.82) is 0 Å². The normalized spacial score (nSPS) is 17.3. The summed E-state index contributed by atoms with van der Waals surface area (Å²) in [4.78, 5) is 30.3. The second kappa shape index (κ2) is 9.11. The van der Waals surface area contributed by atoms with E-state index >= 15 is 0 Å². The van der Waals surface area contributed by atoms with Crippen LogP contribution in [0.3, 0.4) is 0 Å². The van der Waals surface area contributed by atoms with Gasteiger partial charge in [0, 0.05) is 18.7 Å². The van der Waals surface area contributed by atoms with Crippen LogP contribution in [0, 0.1) is 5.92 Å². The Morgan fingerprint density at radius 2 is 2.16 bits per heavy atom. The number of piperazine rings is 1. The van der Waals surface area contributed by atoms with Gasteiger partial charge in [0.2, 0.25) is 11.8 Å². The van der Waals surface area contributed by atoms with Crippen LogP contribution in [0.25, 0.3) is 11.5 Å². The van der Waals surface area contributed by atoms with Crippen LogP contribution >= 0.6 is 0 Å². The summed E-state index contributed by atoms with van der Waals surface area (Å²) in [6.07, 6.45) is 2.06. The van der Waals surface area contributed by atoms with Crippen molar-refractivity contribution in [3.05, 3.63) is 29.7 Å². The maximum atomic E-state index is 13.0. The molecule has 0 spiro atoms. The molecule has 4 rings (SSSR count). The molecule has 3 N–H and O–H groups in total. The minimum Gasteiger partial charge on any atom is -0.489 e. The smallest absolute Gasteiger partial charge is 0.387 e. The lowest BCUT2D eigenvalue weighted by molar-refractivity contribution is -0.123. The molecule has 1 atom stereocenters. The molecule has 2 amide bonds. The van der Waals surface area contributed by atoms with Crippen LogP contribution in [-0.4, -0.2) is 54.6 Å². The van der Waals surface area contributed by atoms with Gasteiger partial charge in [0.25, 0.3) is 5.91 Å². The van der Waals surface area contributed by atoms with Crippen LogP contribution in [0.2, 0.25) is 0 Å². The van der Waals surface area contributed by atoms with Crippen LogP contribution < -0.4 is 20.5 Å². The quantitative estimate of drug-likeness (QED) is 0.633. The summed E-state index contributed by atoms with van der Waals surface area (Å²) in [6.45, 7) is -0.367. The van der Waals surface area contributed by atoms with Crippen molar-refractivity contribution in [2.24, 2.45) is 11.7 Å². The van der Waals surface area contributed by atoms with Gasteiger partial charge in [-0.2, -0.15) is 8.78 Å². The number of hydrogen-bond acceptors (Lipinski definition) is 7. The molecule has 2 heterocycles. The fourth-order valence-electron chi connectivity index (χ4n) is 3.32. The molecule has 172 valence electrons. The minimum absolute atomic E-state index is 0.0121. The lowest BCUT2D eigenvalue weighted by Gasteiger charge is -2.26. The van der Waals surface area contributed by atoms with Crippen molar-refractivity contribution >= 4 is 11.8 Å². The van der Waals surface area contributed by atoms with Crippen molar-refractivity contribution in [2.75, 3.05) is 26.2 Å². The third kappa shape index (κ3) is 4.98. The summed E-state index contributed by atoms with van der Waals surface area (Å²) in [5.74, 6) is -0.0376. The van der Waals surface area contributed by atoms with Crippen molar-refractivity contribution in [1.82, 2.24) is 15.2 Å². The average Bonchev–Trinajstić information content (AvgIpc) is 3.47. The molecule has 9 nitrogen and oxygen atoms in total. The van der Waals surface area contributed by atoms with E-state index in [9.17, 15) is 18.4 Å². The molecule has 11 heteroatoms. The summed E-state index contributed by atoms with van der Waals surface area (Å²) >= 11 is 0. The summed E-state index contributed by atoms with van der Waals surface area (Å²) in [5.41, 5.74) is 6.41. The second-order valence-electron chi connectivity index (χ2n) is 7.89. The van der Waals surface area contributed by atoms with Gasteiger partial charge in [0.1, 0.15) is 0 Å². The molecule has 2 aromatic rings. The van der Waals surface area contributed by atoms with Crippen LogP contribution in [0.15, 0.2) is 22.6 Å². The highest BCUT2D eigenvalue weighted by Gasteiger charge is 2.30. The van der Waals surface area contributed by atoms with E-state index in [1.807, 2.05) is 0 Å². The zero-order valence-electron chi connectivity index (χ0n) is 17.5. The second-order valence-corrected chi connectivity index (χ2v) is 7.89. The Hall–Kier alpha value is -3.21. The molecule has 0 unspecified atom stereocenters. The molecule has 1 saturated carbocycles. The van der Waals surface area contributed by atoms with Crippen molar-refractivity contribution in [3.63, 3.8) is 0 Å². The SMILES string of the molecule is C[C@H](N)c1oc(-c2ccc(OC(F)F)c(OCC3CC3)c2)nc1C(=O)N1CCNC(=O)C1. The Kier molecular flexibility index (Phi) is 6.26. The Bertz CT molecular complexity index is 1010. The molecule has 1 aliphatic heterocycles. The van der Waals surface area contributed by atoms with E-state index in [-0.39, 0.29) is 41.3 Å². The van der Waals surface area contributed by atoms with Crippen LogP contribution in [0.5, 0.6) is 11.5 Å². The summed E-state index contributed by atoms with van der Waals surface area (Å²) in [7, 11) is 0. The zero-order chi connectivity index (χ0) is 22.8. The van der Waals surface area contributed by atoms with E-state index in [1.54, 1.807) is 6.92 Å². The number of nitrogens with zero attached hydrogens (tertiary/aromatic N) is 2. The summed E-state index contributed by atoms with van der Waals surface area (Å²) in [6, 6.07) is 3.68. The number of carbonyl (C=O) groups is 2. The van der Waals surface area contributed by atoms with Gasteiger partial charge in [-0.15, -0.1) is 0 Å². The monoisotopic (exact) mass is 450 g/mol. The van der Waals surface area contributed by atoms with E-state index < -0.39 is 18.6 Å². The molecule has 1 aromatic heterocycles. The Morgan fingerprint density at radius 1 is 1.38 bits per heavy atom. The molecular formula is C21H24F2N4O5. The predicted molar refractivity (Wildman–Crippen MR) is 108 cm³/mol. The Balaban J connectivity index is 1.64. The molecule has 32 heavy (non-hydrogen) atoms. The zero-order valence-corrected chi connectivity index (χ0v) is 17.5. The lowest BCUT2D eigenvalue weighted by Crippen LogP contribution is -2.50. The van der Waals surface area contributed by atoms with Crippen molar-refractivity contribution in [3.8, 4) is 23.0 Å². The van der Waals surface area contributed by atoms with E-state index in [2.05, 4.69) is 15.0 Å². The molecule has 0 bridgehead atoms. The highest BCUT2D eigenvalue weighted by Crippen LogP contribution is 2.37. The van der Waals surface area contributed by atoms with Crippen molar-refractivity contribution < 1.29 is 32.3 Å². The van der Waals surface area contributed by atoms with Crippen LogP contribution in [-0.2, 0) is 4.79 Å². The molecule has 2 aliphatic rings. The van der Waals surface area contributed by atoms with Gasteiger partial charge in [-0.3, -0.25) is 9.59 Å². The van der Waals surface area contributed by atoms with Gasteiger partial charge in [0.05, 0.1) is 19.2 Å². The van der Waals surface area contributed by atoms with Gasteiger partial charge >= 0.3 is 6.61 Å². The first-order chi connectivity index (χ1) is 15.3. The first-order valence-corrected chi connectivity index (χ1v) is 10.4. The molecule has 0 radical (unpaired) electrons. The topological polar surface area (TPSA) is 120 Å². The third-order valence-electron chi connectivity index (χ3n) is 5.17. The molecule has 1 saturated heterocycles. The minimum atomic E-state index is -3.00. The predicted octanol–water partition coefficient (Wildman–Crippen LogP) is 2.32. The van der Waals surface area contributed by atoms with Crippen molar-refractivity contribution in [2.45, 2.75) is 32.4 Å². The maximum Gasteiger partial charge on any atom is 0.387 e. The summed E-state index contributed by atoms with van der Waals surface area (Å²) < 4.78 is 41.6. The fraction of sp³-hybridized carbons (Fsp3) is 0.476. The Labute approximate surface area is 182 Å². The third-order valence-corrected chi connectivity index (χ3v) is 5.17. The number of nitrogens with one attached hydrogen (secondary N) is 1. The number of benzene rings is 1. The highest BCUT2D eigenvalue weighted by molar-refractivity contribution is 5.96. The number of aromatic nitrogens is 1. The number of halogens is 2. The van der Waals surface area contributed by atoms with Gasteiger partial charge in [-0.05, 0) is 43.9 Å². The van der Waals surface area contributed by atoms with E-state index in [4.69, 9.17) is 14.9 Å². The van der Waals surface area contributed by atoms with Gasteiger partial charge < -0.3 is 29.8 Å². The molecule has 1 aromatic carbocycles. The fourth-order valence-corrected chi connectivity index (χ4v) is 3.32. The molecule has 2 fully saturated rings. The number of oxazole rings is 1. The number of alkyl halides is 2. The van der Waals surface area contributed by atoms with Gasteiger partial charge in [-0.25, -0.2) is 4.98 Å². The summed E-state index contributed by atoms with van der Waals surface area (Å²) in [5, 5.41) is 2.66. The van der Waals surface area contributed by atoms with Gasteiger partial charge in [-0.1, -0.05) is 0 Å². The largest absolute Gasteiger partial charge is 0.489 e. The lowest BCUT2D eigenvalue weighted by atomic mass is 10.2. The average molecular weight is 450 g/mol. The molecule has 1 aliphatic carbocycles. The number of amides is 2. The number of nitrogens with two attached hydrogens (primary N) is 1. The number of rotatable bonds is 8. The molecular weight excluding hydrogens is 426 g/mol. The van der Waals surface area contributed by atoms with E-state index in [1.165, 1.54) is 23.1 Å². The number of carbonyl (C=O) groups excluding carboxylic acids is 2. The standard InChI is InChI=1S/C21H24F2N4O5/c1-11(24)18-17(20(29)27-7-6-25-16(28)9-27)26-19(32-18)13-4-5-14(31-21(22)23)15(8-13)30-10-12-2-3-12/h4-5,8,11-12,21H,2-3,6-7,9-10,24H2,1H3,(H,25,28)/t11-/m0/s1. The number of ether oxygens (including phenoxy) is 2. The van der Waals surface area contributed by atoms with Gasteiger partial charge in [0.15, 0.2) is 23.0 Å². The maximum absolute atomic E-state index is 13.0. The van der Waals surface area contributed by atoms with E-state index in [0.29, 0.717) is 31.2 Å².